The summed E-state index contributed by atoms with van der Waals surface area (Å²) in [6.45, 7) is 7.46. The highest BCUT2D eigenvalue weighted by molar-refractivity contribution is 6.19. The van der Waals surface area contributed by atoms with E-state index >= 15 is 0 Å². The van der Waals surface area contributed by atoms with Crippen molar-refractivity contribution in [2.75, 3.05) is 28.3 Å². The smallest absolute Gasteiger partial charge is 0.242 e. The molecule has 0 fully saturated rings. The first-order valence-electron chi connectivity index (χ1n) is 13.5. The zero-order valence-electron chi connectivity index (χ0n) is 23.0. The standard InChI is InChI=1S/C31H35N5O3/c1-5-35-25-13-10-22(17-27(25)34(4)29(38)31(2,3)30(35)39)19-32-18-21-9-11-23-12-14-28(37)36(26(23)16-21)20-24-8-6-7-15-33-24/h6-11,13,15-17,32H,5,12,14,18-20H2,1-4H3. The lowest BCUT2D eigenvalue weighted by Crippen LogP contribution is -2.47. The van der Waals surface area contributed by atoms with E-state index in [1.54, 1.807) is 36.9 Å². The molecule has 8 heteroatoms. The number of aryl methyl sites for hydroxylation is 1. The molecule has 8 nitrogen and oxygen atoms in total. The van der Waals surface area contributed by atoms with Gasteiger partial charge in [-0.15, -0.1) is 0 Å². The van der Waals surface area contributed by atoms with Gasteiger partial charge in [0.25, 0.3) is 0 Å². The van der Waals surface area contributed by atoms with Crippen molar-refractivity contribution in [3.8, 4) is 0 Å². The number of hydrogen-bond acceptors (Lipinski definition) is 5. The quantitative estimate of drug-likeness (QED) is 0.467. The second-order valence-electron chi connectivity index (χ2n) is 10.7. The van der Waals surface area contributed by atoms with Crippen molar-refractivity contribution < 1.29 is 14.4 Å². The number of carbonyl (C=O) groups is 3. The van der Waals surface area contributed by atoms with E-state index in [-0.39, 0.29) is 17.7 Å². The molecule has 0 bridgehead atoms. The Morgan fingerprint density at radius 1 is 0.846 bits per heavy atom. The summed E-state index contributed by atoms with van der Waals surface area (Å²) in [6, 6.07) is 18.0. The van der Waals surface area contributed by atoms with Gasteiger partial charge in [0.1, 0.15) is 5.41 Å². The lowest BCUT2D eigenvalue weighted by Gasteiger charge is -2.30. The predicted octanol–water partition coefficient (Wildman–Crippen LogP) is 4.21. The van der Waals surface area contributed by atoms with Crippen LogP contribution in [0, 0.1) is 5.41 Å². The minimum Gasteiger partial charge on any atom is -0.313 e. The van der Waals surface area contributed by atoms with Gasteiger partial charge in [-0.2, -0.15) is 0 Å². The van der Waals surface area contributed by atoms with Crippen LogP contribution in [-0.4, -0.2) is 36.3 Å². The Bertz CT molecular complexity index is 1420. The van der Waals surface area contributed by atoms with Crippen molar-refractivity contribution >= 4 is 34.8 Å². The fourth-order valence-electron chi connectivity index (χ4n) is 5.43. The Kier molecular flexibility index (Phi) is 7.23. The number of amides is 3. The van der Waals surface area contributed by atoms with Crippen LogP contribution in [0.1, 0.15) is 49.6 Å². The van der Waals surface area contributed by atoms with Crippen molar-refractivity contribution in [3.05, 3.63) is 83.2 Å². The third-order valence-corrected chi connectivity index (χ3v) is 7.68. The van der Waals surface area contributed by atoms with Crippen molar-refractivity contribution in [1.82, 2.24) is 10.3 Å². The number of nitrogens with one attached hydrogen (secondary N) is 1. The maximum Gasteiger partial charge on any atom is 0.242 e. The second-order valence-corrected chi connectivity index (χ2v) is 10.7. The predicted molar refractivity (Wildman–Crippen MR) is 152 cm³/mol. The molecule has 2 aliphatic rings. The van der Waals surface area contributed by atoms with E-state index in [0.717, 1.165) is 40.3 Å². The molecule has 0 aliphatic carbocycles. The van der Waals surface area contributed by atoms with Gasteiger partial charge in [-0.05, 0) is 74.2 Å². The number of nitrogens with zero attached hydrogens (tertiary/aromatic N) is 4. The minimum atomic E-state index is -1.12. The highest BCUT2D eigenvalue weighted by Gasteiger charge is 2.45. The van der Waals surface area contributed by atoms with E-state index in [9.17, 15) is 14.4 Å². The lowest BCUT2D eigenvalue weighted by atomic mass is 9.90. The van der Waals surface area contributed by atoms with Crippen LogP contribution in [0.3, 0.4) is 0 Å². The Morgan fingerprint density at radius 2 is 1.56 bits per heavy atom. The van der Waals surface area contributed by atoms with Gasteiger partial charge in [-0.3, -0.25) is 19.4 Å². The average Bonchev–Trinajstić information content (AvgIpc) is 2.99. The van der Waals surface area contributed by atoms with Gasteiger partial charge in [-0.25, -0.2) is 0 Å². The summed E-state index contributed by atoms with van der Waals surface area (Å²) in [5.41, 5.74) is 5.44. The Labute approximate surface area is 229 Å². The van der Waals surface area contributed by atoms with E-state index in [2.05, 4.69) is 28.5 Å². The maximum atomic E-state index is 13.1. The SMILES string of the molecule is CCN1C(=O)C(C)(C)C(=O)N(C)c2cc(CNCc3ccc4c(c3)N(Cc3ccccn3)C(=O)CC4)ccc21. The molecular weight excluding hydrogens is 490 g/mol. The van der Waals surface area contributed by atoms with Crippen molar-refractivity contribution in [2.24, 2.45) is 5.41 Å². The zero-order chi connectivity index (χ0) is 27.7. The highest BCUT2D eigenvalue weighted by atomic mass is 16.2. The van der Waals surface area contributed by atoms with Crippen LogP contribution in [0.4, 0.5) is 17.1 Å². The van der Waals surface area contributed by atoms with Crippen LogP contribution in [0.2, 0.25) is 0 Å². The van der Waals surface area contributed by atoms with Crippen LogP contribution < -0.4 is 20.0 Å². The van der Waals surface area contributed by atoms with Gasteiger partial charge in [0, 0.05) is 45.0 Å². The fourth-order valence-corrected chi connectivity index (χ4v) is 5.43. The van der Waals surface area contributed by atoms with E-state index < -0.39 is 5.41 Å². The molecule has 1 N–H and O–H groups in total. The Hall–Kier alpha value is -4.04. The van der Waals surface area contributed by atoms with E-state index in [4.69, 9.17) is 0 Å². The van der Waals surface area contributed by atoms with Gasteiger partial charge < -0.3 is 20.0 Å². The molecule has 3 aromatic rings. The summed E-state index contributed by atoms with van der Waals surface area (Å²) in [5, 5.41) is 3.50. The zero-order valence-corrected chi connectivity index (χ0v) is 23.0. The summed E-state index contributed by atoms with van der Waals surface area (Å²) >= 11 is 0. The van der Waals surface area contributed by atoms with Crippen molar-refractivity contribution in [3.63, 3.8) is 0 Å². The van der Waals surface area contributed by atoms with Crippen molar-refractivity contribution in [2.45, 2.75) is 53.2 Å². The van der Waals surface area contributed by atoms with Gasteiger partial charge in [0.2, 0.25) is 17.7 Å². The summed E-state index contributed by atoms with van der Waals surface area (Å²) in [4.78, 5) is 48.6. The third kappa shape index (κ3) is 5.04. The summed E-state index contributed by atoms with van der Waals surface area (Å²) < 4.78 is 0. The lowest BCUT2D eigenvalue weighted by molar-refractivity contribution is -0.137. The first-order valence-corrected chi connectivity index (χ1v) is 13.5. The third-order valence-electron chi connectivity index (χ3n) is 7.68. The number of benzene rings is 2. The monoisotopic (exact) mass is 525 g/mol. The molecule has 3 heterocycles. The van der Waals surface area contributed by atoms with Crippen LogP contribution >= 0.6 is 0 Å². The number of fused-ring (bicyclic) bond motifs is 2. The topological polar surface area (TPSA) is 85.8 Å². The number of pyridine rings is 1. The second kappa shape index (κ2) is 10.6. The van der Waals surface area contributed by atoms with E-state index in [1.165, 1.54) is 5.56 Å². The minimum absolute atomic E-state index is 0.115. The molecule has 2 aliphatic heterocycles. The van der Waals surface area contributed by atoms with Gasteiger partial charge in [0.15, 0.2) is 0 Å². The molecular formula is C31H35N5O3. The summed E-state index contributed by atoms with van der Waals surface area (Å²) in [5.74, 6) is -0.284. The van der Waals surface area contributed by atoms with E-state index in [1.807, 2.05) is 48.2 Å². The number of hydrogen-bond donors (Lipinski definition) is 1. The maximum absolute atomic E-state index is 13.1. The first-order chi connectivity index (χ1) is 18.7. The number of rotatable bonds is 7. The number of aromatic nitrogens is 1. The van der Waals surface area contributed by atoms with Crippen molar-refractivity contribution in [1.29, 1.82) is 0 Å². The largest absolute Gasteiger partial charge is 0.313 e. The summed E-state index contributed by atoms with van der Waals surface area (Å²) in [7, 11) is 1.73. The number of anilines is 3. The van der Waals surface area contributed by atoms with Gasteiger partial charge >= 0.3 is 0 Å². The van der Waals surface area contributed by atoms with E-state index in [0.29, 0.717) is 32.6 Å². The molecule has 0 atom stereocenters. The molecule has 0 radical (unpaired) electrons. The molecule has 0 saturated carbocycles. The molecule has 202 valence electrons. The molecule has 3 amide bonds. The molecule has 5 rings (SSSR count). The number of carbonyl (C=O) groups excluding carboxylic acids is 3. The molecule has 39 heavy (non-hydrogen) atoms. The molecule has 2 aromatic carbocycles. The molecule has 1 aromatic heterocycles. The van der Waals surface area contributed by atoms with Gasteiger partial charge in [-0.1, -0.05) is 24.3 Å². The molecule has 0 spiro atoms. The Morgan fingerprint density at radius 3 is 2.26 bits per heavy atom. The van der Waals surface area contributed by atoms with Crippen LogP contribution in [0.5, 0.6) is 0 Å². The average molecular weight is 526 g/mol. The first kappa shape index (κ1) is 26.6. The summed E-state index contributed by atoms with van der Waals surface area (Å²) in [6.07, 6.45) is 3.00. The fraction of sp³-hybridized carbons (Fsp3) is 0.355. The highest BCUT2D eigenvalue weighted by Crippen LogP contribution is 2.38. The van der Waals surface area contributed by atoms with Crippen LogP contribution in [0.25, 0.3) is 0 Å². The Balaban J connectivity index is 1.32. The van der Waals surface area contributed by atoms with Crippen LogP contribution in [-0.2, 0) is 40.4 Å². The molecule has 0 unspecified atom stereocenters. The van der Waals surface area contributed by atoms with Crippen LogP contribution in [0.15, 0.2) is 60.8 Å². The normalized spacial score (nSPS) is 16.7. The van der Waals surface area contributed by atoms with Gasteiger partial charge in [0.05, 0.1) is 23.6 Å². The molecule has 0 saturated heterocycles.